The van der Waals surface area contributed by atoms with E-state index in [2.05, 4.69) is 21.5 Å². The molecule has 2 N–H and O–H groups in total. The van der Waals surface area contributed by atoms with Gasteiger partial charge in [-0.1, -0.05) is 0 Å². The van der Waals surface area contributed by atoms with Crippen molar-refractivity contribution >= 4 is 32.2 Å². The Labute approximate surface area is 185 Å². The smallest absolute Gasteiger partial charge is 0.261 e. The molecule has 0 amide bonds. The summed E-state index contributed by atoms with van der Waals surface area (Å²) in [5, 5.41) is 17.6. The second-order valence-electron chi connectivity index (χ2n) is 8.95. The summed E-state index contributed by atoms with van der Waals surface area (Å²) in [7, 11) is -3.48. The van der Waals surface area contributed by atoms with Gasteiger partial charge < -0.3 is 15.0 Å². The largest absolute Gasteiger partial charge is 0.379 e. The first-order valence-corrected chi connectivity index (χ1v) is 11.7. The Morgan fingerprint density at radius 1 is 1.28 bits per heavy atom. The molecule has 0 aliphatic carbocycles. The van der Waals surface area contributed by atoms with E-state index in [0.29, 0.717) is 42.0 Å². The van der Waals surface area contributed by atoms with Gasteiger partial charge in [0.1, 0.15) is 10.9 Å². The zero-order chi connectivity index (χ0) is 23.1. The highest BCUT2D eigenvalue weighted by Gasteiger charge is 2.39. The minimum atomic E-state index is -3.48. The molecule has 2 aromatic heterocycles. The molecule has 0 radical (unpaired) electrons. The molecule has 1 fully saturated rings. The second-order valence-corrected chi connectivity index (χ2v) is 11.7. The molecule has 4 rings (SSSR count). The number of H-pyrrole nitrogens is 1. The van der Waals surface area contributed by atoms with Crippen LogP contribution in [0.15, 0.2) is 46.2 Å². The molecule has 0 saturated carbocycles. The number of ether oxygens (including phenoxy) is 1. The van der Waals surface area contributed by atoms with Crippen LogP contribution in [0.4, 0.5) is 11.5 Å². The standard InChI is InChI=1S/C22H25N5O4S/c1-21(2,3)32(29,30)16-6-4-15(5-7-16)25-19-18-17(8-12-24-20(18)28)27(26-19)22(9-11-23)10-13-31-14-22/h4-8,12H,9-10,13-14H2,1-3H3,(H,24,28)(H,25,26). The lowest BCUT2D eigenvalue weighted by atomic mass is 9.95. The number of benzene rings is 1. The number of hydrogen-bond donors (Lipinski definition) is 2. The third kappa shape index (κ3) is 3.57. The Hall–Kier alpha value is -3.16. The Bertz CT molecular complexity index is 1350. The van der Waals surface area contributed by atoms with Crippen molar-refractivity contribution in [2.75, 3.05) is 18.5 Å². The van der Waals surface area contributed by atoms with Crippen molar-refractivity contribution in [2.45, 2.75) is 48.8 Å². The second kappa shape index (κ2) is 7.76. The molecule has 10 heteroatoms. The molecule has 0 bridgehead atoms. The number of hydrogen-bond acceptors (Lipinski definition) is 7. The lowest BCUT2D eigenvalue weighted by molar-refractivity contribution is 0.151. The zero-order valence-electron chi connectivity index (χ0n) is 18.2. The first kappa shape index (κ1) is 22.0. The van der Waals surface area contributed by atoms with Gasteiger partial charge in [-0.15, -0.1) is 0 Å². The summed E-state index contributed by atoms with van der Waals surface area (Å²) in [6, 6.07) is 10.3. The van der Waals surface area contributed by atoms with Crippen molar-refractivity contribution in [2.24, 2.45) is 0 Å². The van der Waals surface area contributed by atoms with Gasteiger partial charge in [0.05, 0.1) is 34.3 Å². The fraction of sp³-hybridized carbons (Fsp3) is 0.409. The van der Waals surface area contributed by atoms with Crippen molar-refractivity contribution in [3.63, 3.8) is 0 Å². The van der Waals surface area contributed by atoms with E-state index in [1.165, 1.54) is 12.1 Å². The maximum absolute atomic E-state index is 12.7. The quantitative estimate of drug-likeness (QED) is 0.605. The molecule has 1 atom stereocenters. The Kier molecular flexibility index (Phi) is 5.35. The highest BCUT2D eigenvalue weighted by Crippen LogP contribution is 2.35. The first-order valence-electron chi connectivity index (χ1n) is 10.3. The average molecular weight is 456 g/mol. The lowest BCUT2D eigenvalue weighted by Gasteiger charge is -2.25. The molecule has 3 heterocycles. The van der Waals surface area contributed by atoms with E-state index in [1.807, 2.05) is 0 Å². The molecule has 1 saturated heterocycles. The number of pyridine rings is 1. The van der Waals surface area contributed by atoms with Crippen LogP contribution in [0.25, 0.3) is 10.9 Å². The van der Waals surface area contributed by atoms with E-state index >= 15 is 0 Å². The molecule has 168 valence electrons. The van der Waals surface area contributed by atoms with Crippen LogP contribution in [-0.2, 0) is 20.1 Å². The lowest BCUT2D eigenvalue weighted by Crippen LogP contribution is -2.34. The number of nitrogens with one attached hydrogen (secondary N) is 2. The van der Waals surface area contributed by atoms with Crippen LogP contribution >= 0.6 is 0 Å². The molecular weight excluding hydrogens is 430 g/mol. The molecule has 3 aromatic rings. The van der Waals surface area contributed by atoms with Gasteiger partial charge in [-0.25, -0.2) is 8.42 Å². The van der Waals surface area contributed by atoms with Crippen LogP contribution in [0.5, 0.6) is 0 Å². The molecule has 32 heavy (non-hydrogen) atoms. The van der Waals surface area contributed by atoms with Crippen molar-refractivity contribution < 1.29 is 13.2 Å². The average Bonchev–Trinajstić information content (AvgIpc) is 3.34. The van der Waals surface area contributed by atoms with Crippen LogP contribution in [0.2, 0.25) is 0 Å². The van der Waals surface area contributed by atoms with Gasteiger partial charge in [0.2, 0.25) is 0 Å². The molecule has 1 aliphatic heterocycles. The number of nitrogens with zero attached hydrogens (tertiary/aromatic N) is 3. The van der Waals surface area contributed by atoms with E-state index in [-0.39, 0.29) is 16.9 Å². The van der Waals surface area contributed by atoms with Crippen LogP contribution in [0.3, 0.4) is 0 Å². The fourth-order valence-corrected chi connectivity index (χ4v) is 5.06. The van der Waals surface area contributed by atoms with Crippen molar-refractivity contribution in [3.05, 3.63) is 46.9 Å². The van der Waals surface area contributed by atoms with Gasteiger partial charge in [0, 0.05) is 18.5 Å². The fourth-order valence-electron chi connectivity index (χ4n) is 3.86. The van der Waals surface area contributed by atoms with Crippen molar-refractivity contribution in [3.8, 4) is 6.07 Å². The summed E-state index contributed by atoms with van der Waals surface area (Å²) in [6.07, 6.45) is 2.37. The number of anilines is 2. The third-order valence-electron chi connectivity index (χ3n) is 5.78. The Balaban J connectivity index is 1.77. The van der Waals surface area contributed by atoms with Crippen LogP contribution in [0.1, 0.15) is 33.6 Å². The van der Waals surface area contributed by atoms with Crippen LogP contribution < -0.4 is 10.9 Å². The predicted octanol–water partition coefficient (Wildman–Crippen LogP) is 3.07. The molecule has 0 spiro atoms. The number of rotatable bonds is 5. The summed E-state index contributed by atoms with van der Waals surface area (Å²) < 4.78 is 31.7. The normalized spacial score (nSPS) is 19.2. The van der Waals surface area contributed by atoms with Gasteiger partial charge >= 0.3 is 0 Å². The molecule has 1 aliphatic rings. The van der Waals surface area contributed by atoms with Crippen LogP contribution in [-0.4, -0.2) is 41.1 Å². The van der Waals surface area contributed by atoms with E-state index in [0.717, 1.165) is 0 Å². The van der Waals surface area contributed by atoms with Crippen LogP contribution in [0, 0.1) is 11.3 Å². The minimum Gasteiger partial charge on any atom is -0.379 e. The molecule has 9 nitrogen and oxygen atoms in total. The van der Waals surface area contributed by atoms with Crippen molar-refractivity contribution in [1.29, 1.82) is 5.26 Å². The minimum absolute atomic E-state index is 0.204. The zero-order valence-corrected chi connectivity index (χ0v) is 19.0. The number of aromatic amines is 1. The topological polar surface area (TPSA) is 130 Å². The highest BCUT2D eigenvalue weighted by molar-refractivity contribution is 7.92. The Morgan fingerprint density at radius 2 is 2.00 bits per heavy atom. The van der Waals surface area contributed by atoms with Gasteiger partial charge in [-0.3, -0.25) is 9.48 Å². The monoisotopic (exact) mass is 455 g/mol. The Morgan fingerprint density at radius 3 is 2.59 bits per heavy atom. The SMILES string of the molecule is CC(C)(C)S(=O)(=O)c1ccc(Nc2nn(C3(CC#N)CCOC3)c3cc[nH]c(=O)c23)cc1. The maximum Gasteiger partial charge on any atom is 0.261 e. The summed E-state index contributed by atoms with van der Waals surface area (Å²) >= 11 is 0. The van der Waals surface area contributed by atoms with Gasteiger partial charge in [0.15, 0.2) is 15.7 Å². The summed E-state index contributed by atoms with van der Waals surface area (Å²) in [4.78, 5) is 15.5. The summed E-state index contributed by atoms with van der Waals surface area (Å²) in [5.74, 6) is 0.331. The number of nitriles is 1. The molecule has 1 aromatic carbocycles. The molecule has 1 unspecified atom stereocenters. The number of fused-ring (bicyclic) bond motifs is 1. The number of aromatic nitrogens is 3. The maximum atomic E-state index is 12.7. The molecular formula is C22H25N5O4S. The third-order valence-corrected chi connectivity index (χ3v) is 8.28. The summed E-state index contributed by atoms with van der Waals surface area (Å²) in [5.41, 5.74) is 0.230. The van der Waals surface area contributed by atoms with E-state index in [1.54, 1.807) is 49.8 Å². The number of sulfone groups is 1. The van der Waals surface area contributed by atoms with Gasteiger partial charge in [0.25, 0.3) is 5.56 Å². The van der Waals surface area contributed by atoms with Gasteiger partial charge in [-0.05, 0) is 57.5 Å². The highest BCUT2D eigenvalue weighted by atomic mass is 32.2. The van der Waals surface area contributed by atoms with E-state index in [9.17, 15) is 18.5 Å². The van der Waals surface area contributed by atoms with E-state index < -0.39 is 20.1 Å². The van der Waals surface area contributed by atoms with Gasteiger partial charge in [-0.2, -0.15) is 10.4 Å². The predicted molar refractivity (Wildman–Crippen MR) is 121 cm³/mol. The van der Waals surface area contributed by atoms with Crippen molar-refractivity contribution in [1.82, 2.24) is 14.8 Å². The first-order chi connectivity index (χ1) is 15.1. The van der Waals surface area contributed by atoms with E-state index in [4.69, 9.17) is 4.74 Å². The summed E-state index contributed by atoms with van der Waals surface area (Å²) in [6.45, 7) is 5.82.